The number of aliphatic hydroxyl groups is 1. The van der Waals surface area contributed by atoms with Crippen LogP contribution in [0, 0.1) is 11.3 Å². The van der Waals surface area contributed by atoms with Crippen molar-refractivity contribution in [3.05, 3.63) is 168 Å². The number of carbonyl (C=O) groups is 1. The molecule has 1 atom stereocenters. The molecule has 1 heterocycles. The first-order valence-corrected chi connectivity index (χ1v) is 16.3. The highest BCUT2D eigenvalue weighted by Crippen LogP contribution is 2.43. The van der Waals surface area contributed by atoms with E-state index in [9.17, 15) is 9.90 Å². The molecule has 0 radical (unpaired) electrons. The van der Waals surface area contributed by atoms with Crippen LogP contribution in [0.2, 0.25) is 0 Å². The van der Waals surface area contributed by atoms with E-state index in [0.717, 1.165) is 33.0 Å². The first kappa shape index (κ1) is 32.7. The summed E-state index contributed by atoms with van der Waals surface area (Å²) in [6.45, 7) is 9.27. The summed E-state index contributed by atoms with van der Waals surface area (Å²) in [4.78, 5) is 17.1. The monoisotopic (exact) mass is 638 g/mol. The molecule has 0 bridgehead atoms. The number of nitrogens with zero attached hydrogens (tertiary/aromatic N) is 2. The number of imidazole rings is 1. The van der Waals surface area contributed by atoms with Crippen LogP contribution >= 0.6 is 0 Å². The summed E-state index contributed by atoms with van der Waals surface area (Å²) in [5, 5.41) is 14.5. The first-order valence-electron chi connectivity index (χ1n) is 16.3. The van der Waals surface area contributed by atoms with Gasteiger partial charge in [0.1, 0.15) is 16.9 Å². The fourth-order valence-corrected chi connectivity index (χ4v) is 6.38. The Hall–Kier alpha value is -5.20. The van der Waals surface area contributed by atoms with Crippen molar-refractivity contribution in [3.8, 4) is 5.75 Å². The van der Waals surface area contributed by atoms with Gasteiger partial charge in [-0.1, -0.05) is 123 Å². The molecular weight excluding hydrogens is 596 g/mol. The van der Waals surface area contributed by atoms with Crippen LogP contribution in [0.25, 0.3) is 10.8 Å². The third-order valence-electron chi connectivity index (χ3n) is 9.05. The Morgan fingerprint density at radius 2 is 1.25 bits per heavy atom. The quantitative estimate of drug-likeness (QED) is 0.0923. The lowest BCUT2D eigenvalue weighted by Crippen LogP contribution is -2.37. The van der Waals surface area contributed by atoms with E-state index in [0.29, 0.717) is 11.4 Å². The van der Waals surface area contributed by atoms with Crippen LogP contribution in [0.3, 0.4) is 0 Å². The maximum absolute atomic E-state index is 12.6. The molecule has 0 aliphatic heterocycles. The number of carbonyl (C=O) groups excluding carboxylic acids is 1. The van der Waals surface area contributed by atoms with Crippen LogP contribution in [0.15, 0.2) is 140 Å². The van der Waals surface area contributed by atoms with Gasteiger partial charge in [0, 0.05) is 6.20 Å². The van der Waals surface area contributed by atoms with Gasteiger partial charge in [0.2, 0.25) is 6.79 Å². The van der Waals surface area contributed by atoms with Gasteiger partial charge in [-0.3, -0.25) is 4.79 Å². The van der Waals surface area contributed by atoms with E-state index in [1.165, 1.54) is 0 Å². The molecule has 6 rings (SSSR count). The molecule has 0 amide bonds. The predicted octanol–water partition coefficient (Wildman–Crippen LogP) is 8.69. The van der Waals surface area contributed by atoms with E-state index in [2.05, 4.69) is 77.4 Å². The second kappa shape index (κ2) is 13.1. The van der Waals surface area contributed by atoms with Gasteiger partial charge in [-0.25, -0.2) is 4.98 Å². The zero-order valence-electron chi connectivity index (χ0n) is 28.1. The lowest BCUT2D eigenvalue weighted by atomic mass is 9.76. The SMILES string of the molecule is CC(C)C(O)(c1ccc2cc(OCOC(=O)C(C)(C)C)ccc2c1)c1cn(C(c2ccccc2)(c2ccccc2)c2ccccc2)cn1. The molecule has 0 aliphatic carbocycles. The average Bonchev–Trinajstić information content (AvgIpc) is 3.60. The molecular formula is C42H42N2O4. The topological polar surface area (TPSA) is 73.6 Å². The van der Waals surface area contributed by atoms with Gasteiger partial charge in [-0.15, -0.1) is 0 Å². The summed E-state index contributed by atoms with van der Waals surface area (Å²) in [6.07, 6.45) is 3.83. The van der Waals surface area contributed by atoms with Crippen LogP contribution in [-0.4, -0.2) is 27.4 Å². The number of aromatic nitrogens is 2. The highest BCUT2D eigenvalue weighted by Gasteiger charge is 2.42. The second-order valence-electron chi connectivity index (χ2n) is 13.6. The molecule has 1 N–H and O–H groups in total. The Bertz CT molecular complexity index is 1900. The fraction of sp³-hybridized carbons (Fsp3) is 0.238. The van der Waals surface area contributed by atoms with Crippen molar-refractivity contribution >= 4 is 16.7 Å². The van der Waals surface area contributed by atoms with Gasteiger partial charge in [0.25, 0.3) is 0 Å². The maximum atomic E-state index is 12.6. The Morgan fingerprint density at radius 3 is 1.77 bits per heavy atom. The van der Waals surface area contributed by atoms with E-state index in [4.69, 9.17) is 14.5 Å². The Kier molecular flexibility index (Phi) is 8.95. The van der Waals surface area contributed by atoms with Gasteiger partial charge in [-0.2, -0.15) is 0 Å². The van der Waals surface area contributed by atoms with Crippen molar-refractivity contribution in [2.24, 2.45) is 11.3 Å². The van der Waals surface area contributed by atoms with Crippen LogP contribution < -0.4 is 4.74 Å². The van der Waals surface area contributed by atoms with Crippen molar-refractivity contribution in [1.82, 2.24) is 9.55 Å². The van der Waals surface area contributed by atoms with Crippen molar-refractivity contribution in [2.75, 3.05) is 6.79 Å². The molecule has 5 aromatic carbocycles. The highest BCUT2D eigenvalue weighted by molar-refractivity contribution is 5.85. The minimum Gasteiger partial charge on any atom is -0.457 e. The molecule has 0 spiro atoms. The van der Waals surface area contributed by atoms with Crippen LogP contribution in [0.4, 0.5) is 0 Å². The summed E-state index contributed by atoms with van der Waals surface area (Å²) in [7, 11) is 0. The molecule has 0 fully saturated rings. The molecule has 0 saturated heterocycles. The Balaban J connectivity index is 1.41. The molecule has 48 heavy (non-hydrogen) atoms. The van der Waals surface area contributed by atoms with Crippen molar-refractivity contribution in [2.45, 2.75) is 45.8 Å². The normalized spacial score (nSPS) is 13.3. The number of benzene rings is 5. The third-order valence-corrected chi connectivity index (χ3v) is 9.05. The largest absolute Gasteiger partial charge is 0.457 e. The van der Waals surface area contributed by atoms with Crippen LogP contribution in [0.5, 0.6) is 5.75 Å². The van der Waals surface area contributed by atoms with Crippen molar-refractivity contribution in [3.63, 3.8) is 0 Å². The lowest BCUT2D eigenvalue weighted by molar-refractivity contribution is -0.159. The summed E-state index contributed by atoms with van der Waals surface area (Å²) >= 11 is 0. The molecule has 1 unspecified atom stereocenters. The molecule has 6 aromatic rings. The van der Waals surface area contributed by atoms with Gasteiger partial charge in [-0.05, 0) is 77.9 Å². The standard InChI is InChI=1S/C42H42N2O4/c1-30(2)42(46,36-23-21-32-26-37(24-22-31(32)25-36)47-29-48-39(45)40(3,4)5)38-27-44(28-43-38)41(33-15-9-6-10-16-33,34-17-11-7-12-18-34)35-19-13-8-14-20-35/h6-28,30,46H,29H2,1-5H3. The minimum atomic E-state index is -1.38. The average molecular weight is 639 g/mol. The maximum Gasteiger partial charge on any atom is 0.314 e. The fourth-order valence-electron chi connectivity index (χ4n) is 6.38. The lowest BCUT2D eigenvalue weighted by Gasteiger charge is -2.37. The highest BCUT2D eigenvalue weighted by atomic mass is 16.7. The summed E-state index contributed by atoms with van der Waals surface area (Å²) < 4.78 is 13.1. The number of rotatable bonds is 10. The zero-order chi connectivity index (χ0) is 33.9. The number of esters is 1. The summed E-state index contributed by atoms with van der Waals surface area (Å²) in [6, 6.07) is 42.9. The smallest absolute Gasteiger partial charge is 0.314 e. The number of fused-ring (bicyclic) bond motifs is 1. The summed E-state index contributed by atoms with van der Waals surface area (Å²) in [5.74, 6) is 0.0729. The van der Waals surface area contributed by atoms with E-state index in [-0.39, 0.29) is 18.7 Å². The Labute approximate surface area is 282 Å². The summed E-state index contributed by atoms with van der Waals surface area (Å²) in [5.41, 5.74) is 1.82. The van der Waals surface area contributed by atoms with Gasteiger partial charge < -0.3 is 19.1 Å². The van der Waals surface area contributed by atoms with E-state index >= 15 is 0 Å². The third kappa shape index (κ3) is 6.00. The number of ether oxygens (including phenoxy) is 2. The van der Waals surface area contributed by atoms with E-state index in [1.54, 1.807) is 20.8 Å². The van der Waals surface area contributed by atoms with Crippen LogP contribution in [0.1, 0.15) is 62.6 Å². The zero-order valence-corrected chi connectivity index (χ0v) is 28.1. The Morgan fingerprint density at radius 1 is 0.729 bits per heavy atom. The molecule has 0 saturated carbocycles. The molecule has 1 aromatic heterocycles. The van der Waals surface area contributed by atoms with Gasteiger partial charge in [0.15, 0.2) is 0 Å². The van der Waals surface area contributed by atoms with E-state index in [1.807, 2.05) is 81.0 Å². The van der Waals surface area contributed by atoms with Crippen LogP contribution in [-0.2, 0) is 20.7 Å². The number of hydrogen-bond acceptors (Lipinski definition) is 5. The minimum absolute atomic E-state index is 0.161. The van der Waals surface area contributed by atoms with Gasteiger partial charge >= 0.3 is 5.97 Å². The van der Waals surface area contributed by atoms with E-state index < -0.39 is 16.6 Å². The molecule has 244 valence electrons. The van der Waals surface area contributed by atoms with Crippen molar-refractivity contribution < 1.29 is 19.4 Å². The van der Waals surface area contributed by atoms with Crippen molar-refractivity contribution in [1.29, 1.82) is 0 Å². The van der Waals surface area contributed by atoms with Gasteiger partial charge in [0.05, 0.1) is 17.4 Å². The molecule has 6 nitrogen and oxygen atoms in total. The predicted molar refractivity (Wildman–Crippen MR) is 190 cm³/mol. The first-order chi connectivity index (χ1) is 23.0. The second-order valence-corrected chi connectivity index (χ2v) is 13.6. The molecule has 6 heteroatoms. The number of hydrogen-bond donors (Lipinski definition) is 1. The molecule has 0 aliphatic rings.